The highest BCUT2D eigenvalue weighted by molar-refractivity contribution is 14.1. The number of hydrogen-bond donors (Lipinski definition) is 0. The molecule has 1 aliphatic heterocycles. The second kappa shape index (κ2) is 5.82. The Balaban J connectivity index is 1.91. The van der Waals surface area contributed by atoms with Crippen LogP contribution in [0.4, 0.5) is 0 Å². The van der Waals surface area contributed by atoms with Gasteiger partial charge >= 0.3 is 5.97 Å². The van der Waals surface area contributed by atoms with Crippen LogP contribution >= 0.6 is 22.6 Å². The van der Waals surface area contributed by atoms with E-state index in [-0.39, 0.29) is 12.1 Å². The average Bonchev–Trinajstić information content (AvgIpc) is 2.33. The number of halogens is 1. The second-order valence-electron chi connectivity index (χ2n) is 4.41. The molecule has 1 heterocycles. The topological polar surface area (TPSA) is 29.5 Å². The Kier molecular flexibility index (Phi) is 4.39. The highest BCUT2D eigenvalue weighted by Crippen LogP contribution is 2.15. The van der Waals surface area contributed by atoms with Crippen LogP contribution < -0.4 is 0 Å². The van der Waals surface area contributed by atoms with Crippen molar-refractivity contribution in [3.63, 3.8) is 0 Å². The third-order valence-corrected chi connectivity index (χ3v) is 3.74. The van der Waals surface area contributed by atoms with Gasteiger partial charge in [-0.05, 0) is 66.7 Å². The van der Waals surface area contributed by atoms with Crippen molar-refractivity contribution < 1.29 is 9.53 Å². The van der Waals surface area contributed by atoms with E-state index in [4.69, 9.17) is 4.74 Å². The SMILES string of the molecule is CN1CCC(OC(=O)c2ccc(I)cc2)CC1. The molecule has 0 radical (unpaired) electrons. The Labute approximate surface area is 115 Å². The quantitative estimate of drug-likeness (QED) is 0.610. The Morgan fingerprint density at radius 2 is 1.88 bits per heavy atom. The van der Waals surface area contributed by atoms with Crippen LogP contribution in [0.2, 0.25) is 0 Å². The van der Waals surface area contributed by atoms with Crippen LogP contribution in [-0.2, 0) is 4.74 Å². The fourth-order valence-corrected chi connectivity index (χ4v) is 2.27. The van der Waals surface area contributed by atoms with Crippen LogP contribution in [0.5, 0.6) is 0 Å². The maximum absolute atomic E-state index is 11.9. The lowest BCUT2D eigenvalue weighted by molar-refractivity contribution is 0.0139. The van der Waals surface area contributed by atoms with Crippen LogP contribution in [0.15, 0.2) is 24.3 Å². The lowest BCUT2D eigenvalue weighted by Crippen LogP contribution is -2.35. The molecule has 92 valence electrons. The van der Waals surface area contributed by atoms with Crippen LogP contribution in [0.25, 0.3) is 0 Å². The molecule has 0 atom stereocenters. The number of likely N-dealkylation sites (tertiary alicyclic amines) is 1. The summed E-state index contributed by atoms with van der Waals surface area (Å²) in [5.74, 6) is -0.198. The molecule has 17 heavy (non-hydrogen) atoms. The van der Waals surface area contributed by atoms with Crippen molar-refractivity contribution in [2.45, 2.75) is 18.9 Å². The third-order valence-electron chi connectivity index (χ3n) is 3.02. The highest BCUT2D eigenvalue weighted by Gasteiger charge is 2.20. The summed E-state index contributed by atoms with van der Waals surface area (Å²) in [6, 6.07) is 7.48. The molecule has 1 saturated heterocycles. The minimum absolute atomic E-state index is 0.0815. The van der Waals surface area contributed by atoms with Crippen molar-refractivity contribution in [1.29, 1.82) is 0 Å². The van der Waals surface area contributed by atoms with E-state index in [1.807, 2.05) is 24.3 Å². The van der Waals surface area contributed by atoms with Crippen molar-refractivity contribution in [3.8, 4) is 0 Å². The molecule has 0 aliphatic carbocycles. The Morgan fingerprint density at radius 3 is 2.47 bits per heavy atom. The van der Waals surface area contributed by atoms with Gasteiger partial charge in [-0.3, -0.25) is 0 Å². The van der Waals surface area contributed by atoms with E-state index < -0.39 is 0 Å². The summed E-state index contributed by atoms with van der Waals surface area (Å²) in [5, 5.41) is 0. The van der Waals surface area contributed by atoms with E-state index in [0.717, 1.165) is 29.5 Å². The molecule has 0 amide bonds. The molecule has 3 nitrogen and oxygen atoms in total. The third kappa shape index (κ3) is 3.67. The maximum Gasteiger partial charge on any atom is 0.338 e. The Hall–Kier alpha value is -0.620. The number of ether oxygens (including phenoxy) is 1. The predicted octanol–water partition coefficient (Wildman–Crippen LogP) is 2.54. The molecule has 0 spiro atoms. The van der Waals surface area contributed by atoms with Crippen LogP contribution in [0.3, 0.4) is 0 Å². The van der Waals surface area contributed by atoms with Gasteiger partial charge in [0.2, 0.25) is 0 Å². The number of carbonyl (C=O) groups excluding carboxylic acids is 1. The molecule has 0 N–H and O–H groups in total. The lowest BCUT2D eigenvalue weighted by atomic mass is 10.1. The van der Waals surface area contributed by atoms with Gasteiger partial charge in [0, 0.05) is 16.7 Å². The zero-order valence-electron chi connectivity index (χ0n) is 9.86. The predicted molar refractivity (Wildman–Crippen MR) is 75.1 cm³/mol. The number of esters is 1. The lowest BCUT2D eigenvalue weighted by Gasteiger charge is -2.28. The summed E-state index contributed by atoms with van der Waals surface area (Å²) < 4.78 is 6.62. The second-order valence-corrected chi connectivity index (χ2v) is 5.66. The van der Waals surface area contributed by atoms with Gasteiger partial charge in [0.1, 0.15) is 6.10 Å². The first-order chi connectivity index (χ1) is 8.15. The number of rotatable bonds is 2. The number of hydrogen-bond acceptors (Lipinski definition) is 3. The summed E-state index contributed by atoms with van der Waals surface area (Å²) in [6.07, 6.45) is 1.96. The van der Waals surface area contributed by atoms with E-state index >= 15 is 0 Å². The van der Waals surface area contributed by atoms with Crippen molar-refractivity contribution in [2.24, 2.45) is 0 Å². The molecule has 1 aliphatic rings. The smallest absolute Gasteiger partial charge is 0.338 e. The Bertz CT molecular complexity index is 383. The van der Waals surface area contributed by atoms with Gasteiger partial charge in [0.15, 0.2) is 0 Å². The van der Waals surface area contributed by atoms with Crippen molar-refractivity contribution in [1.82, 2.24) is 4.90 Å². The molecule has 1 aromatic rings. The molecule has 0 bridgehead atoms. The van der Waals surface area contributed by atoms with Gasteiger partial charge in [-0.2, -0.15) is 0 Å². The largest absolute Gasteiger partial charge is 0.459 e. The number of piperidine rings is 1. The highest BCUT2D eigenvalue weighted by atomic mass is 127. The van der Waals surface area contributed by atoms with Gasteiger partial charge in [0.05, 0.1) is 5.56 Å². The summed E-state index contributed by atoms with van der Waals surface area (Å²) >= 11 is 2.22. The van der Waals surface area contributed by atoms with Gasteiger partial charge in [-0.15, -0.1) is 0 Å². The minimum Gasteiger partial charge on any atom is -0.459 e. The summed E-state index contributed by atoms with van der Waals surface area (Å²) in [4.78, 5) is 14.1. The van der Waals surface area contributed by atoms with E-state index in [1.165, 1.54) is 0 Å². The van der Waals surface area contributed by atoms with Crippen molar-refractivity contribution >= 4 is 28.6 Å². The molecular formula is C13H16INO2. The molecule has 0 unspecified atom stereocenters. The summed E-state index contributed by atoms with van der Waals surface area (Å²) in [7, 11) is 2.09. The standard InChI is InChI=1S/C13H16INO2/c1-15-8-6-12(7-9-15)17-13(16)10-2-4-11(14)5-3-10/h2-5,12H,6-9H2,1H3. The molecule has 1 aromatic carbocycles. The zero-order valence-corrected chi connectivity index (χ0v) is 12.0. The van der Waals surface area contributed by atoms with Crippen molar-refractivity contribution in [3.05, 3.63) is 33.4 Å². The molecule has 2 rings (SSSR count). The number of carbonyl (C=O) groups is 1. The maximum atomic E-state index is 11.9. The fourth-order valence-electron chi connectivity index (χ4n) is 1.91. The first-order valence-corrected chi connectivity index (χ1v) is 6.88. The minimum atomic E-state index is -0.198. The first kappa shape index (κ1) is 12.8. The van der Waals surface area contributed by atoms with Crippen LogP contribution in [0, 0.1) is 3.57 Å². The van der Waals surface area contributed by atoms with Crippen LogP contribution in [0.1, 0.15) is 23.2 Å². The normalized spacial score (nSPS) is 18.0. The first-order valence-electron chi connectivity index (χ1n) is 5.80. The zero-order chi connectivity index (χ0) is 12.3. The molecular weight excluding hydrogens is 329 g/mol. The Morgan fingerprint density at radius 1 is 1.29 bits per heavy atom. The molecule has 0 aromatic heterocycles. The van der Waals surface area contributed by atoms with Gasteiger partial charge in [-0.1, -0.05) is 0 Å². The average molecular weight is 345 g/mol. The van der Waals surface area contributed by atoms with Crippen LogP contribution in [-0.4, -0.2) is 37.1 Å². The fraction of sp³-hybridized carbons (Fsp3) is 0.462. The monoisotopic (exact) mass is 345 g/mol. The summed E-state index contributed by atoms with van der Waals surface area (Å²) in [5.41, 5.74) is 0.643. The van der Waals surface area contributed by atoms with E-state index in [1.54, 1.807) is 0 Å². The van der Waals surface area contributed by atoms with Gasteiger partial charge < -0.3 is 9.64 Å². The number of benzene rings is 1. The summed E-state index contributed by atoms with van der Waals surface area (Å²) in [6.45, 7) is 2.01. The molecule has 1 fully saturated rings. The van der Waals surface area contributed by atoms with E-state index in [0.29, 0.717) is 5.56 Å². The van der Waals surface area contributed by atoms with E-state index in [9.17, 15) is 4.79 Å². The van der Waals surface area contributed by atoms with Gasteiger partial charge in [-0.25, -0.2) is 4.79 Å². The molecule has 4 heteroatoms. The number of nitrogens with zero attached hydrogens (tertiary/aromatic N) is 1. The van der Waals surface area contributed by atoms with Crippen molar-refractivity contribution in [2.75, 3.05) is 20.1 Å². The molecule has 0 saturated carbocycles. The van der Waals surface area contributed by atoms with Gasteiger partial charge in [0.25, 0.3) is 0 Å². The van der Waals surface area contributed by atoms with E-state index in [2.05, 4.69) is 34.5 Å².